The van der Waals surface area contributed by atoms with Crippen LogP contribution in [-0.4, -0.2) is 17.6 Å². The molecule has 0 aromatic carbocycles. The highest BCUT2D eigenvalue weighted by Gasteiger charge is 2.21. The van der Waals surface area contributed by atoms with Gasteiger partial charge in [0, 0.05) is 12.6 Å². The van der Waals surface area contributed by atoms with Crippen LogP contribution in [0.2, 0.25) is 0 Å². The topological polar surface area (TPSA) is 37.0 Å². The molecule has 1 aliphatic rings. The fraction of sp³-hybridized carbons (Fsp3) is 0.615. The van der Waals surface area contributed by atoms with E-state index in [0.717, 1.165) is 24.1 Å². The molecule has 3 nitrogen and oxygen atoms in total. The van der Waals surface area contributed by atoms with Gasteiger partial charge in [-0.25, -0.2) is 4.98 Å². The Hall–Kier alpha value is -1.25. The first-order valence-corrected chi connectivity index (χ1v) is 6.25. The van der Waals surface area contributed by atoms with Gasteiger partial charge in [0.25, 0.3) is 0 Å². The second-order valence-electron chi connectivity index (χ2n) is 4.70. The third kappa shape index (κ3) is 2.87. The van der Waals surface area contributed by atoms with Gasteiger partial charge in [0.2, 0.25) is 0 Å². The van der Waals surface area contributed by atoms with Crippen LogP contribution >= 0.6 is 0 Å². The van der Waals surface area contributed by atoms with E-state index in [-0.39, 0.29) is 0 Å². The van der Waals surface area contributed by atoms with Crippen LogP contribution in [0.4, 0.5) is 11.6 Å². The Kier molecular flexibility index (Phi) is 3.65. The van der Waals surface area contributed by atoms with Crippen molar-refractivity contribution in [3.05, 3.63) is 18.2 Å². The van der Waals surface area contributed by atoms with Crippen LogP contribution in [-0.2, 0) is 0 Å². The fourth-order valence-corrected chi connectivity index (χ4v) is 2.34. The molecule has 2 rings (SSSR count). The minimum absolute atomic E-state index is 0.611. The summed E-state index contributed by atoms with van der Waals surface area (Å²) < 4.78 is 0. The summed E-state index contributed by atoms with van der Waals surface area (Å²) in [4.78, 5) is 4.53. The van der Waals surface area contributed by atoms with Crippen molar-refractivity contribution in [1.29, 1.82) is 0 Å². The normalized spacial score (nSPS) is 24.4. The third-order valence-corrected chi connectivity index (χ3v) is 3.15. The third-order valence-electron chi connectivity index (χ3n) is 3.15. The molecule has 0 bridgehead atoms. The van der Waals surface area contributed by atoms with Crippen molar-refractivity contribution in [2.24, 2.45) is 5.92 Å². The second kappa shape index (κ2) is 5.19. The van der Waals surface area contributed by atoms with Crippen molar-refractivity contribution >= 4 is 11.6 Å². The molecule has 2 unspecified atom stereocenters. The highest BCUT2D eigenvalue weighted by Crippen LogP contribution is 2.27. The van der Waals surface area contributed by atoms with Crippen molar-refractivity contribution in [2.75, 3.05) is 17.2 Å². The minimum atomic E-state index is 0.611. The summed E-state index contributed by atoms with van der Waals surface area (Å²) in [5, 5.41) is 6.75. The monoisotopic (exact) mass is 219 g/mol. The van der Waals surface area contributed by atoms with Crippen molar-refractivity contribution in [3.63, 3.8) is 0 Å². The lowest BCUT2D eigenvalue weighted by Gasteiger charge is -2.14. The van der Waals surface area contributed by atoms with E-state index in [0.29, 0.717) is 6.04 Å². The molecule has 2 N–H and O–H groups in total. The zero-order valence-electron chi connectivity index (χ0n) is 10.2. The quantitative estimate of drug-likeness (QED) is 0.817. The van der Waals surface area contributed by atoms with E-state index in [1.807, 2.05) is 18.2 Å². The van der Waals surface area contributed by atoms with E-state index < -0.39 is 0 Å². The van der Waals surface area contributed by atoms with Crippen molar-refractivity contribution in [2.45, 2.75) is 39.2 Å². The van der Waals surface area contributed by atoms with Gasteiger partial charge in [-0.15, -0.1) is 0 Å². The molecule has 1 aliphatic carbocycles. The van der Waals surface area contributed by atoms with Crippen LogP contribution < -0.4 is 10.6 Å². The molecule has 16 heavy (non-hydrogen) atoms. The summed E-state index contributed by atoms with van der Waals surface area (Å²) >= 11 is 0. The molecule has 1 heterocycles. The maximum absolute atomic E-state index is 4.53. The Bertz CT molecular complexity index is 338. The molecule has 3 heteroatoms. The lowest BCUT2D eigenvalue weighted by atomic mass is 10.1. The summed E-state index contributed by atoms with van der Waals surface area (Å²) in [5.41, 5.74) is 0. The first kappa shape index (κ1) is 11.2. The first-order chi connectivity index (χ1) is 7.78. The molecule has 0 amide bonds. The van der Waals surface area contributed by atoms with Gasteiger partial charge in [-0.2, -0.15) is 0 Å². The molecule has 0 radical (unpaired) electrons. The van der Waals surface area contributed by atoms with E-state index in [1.165, 1.54) is 19.3 Å². The molecule has 1 saturated carbocycles. The number of rotatable bonds is 4. The largest absolute Gasteiger partial charge is 0.370 e. The number of hydrogen-bond donors (Lipinski definition) is 2. The van der Waals surface area contributed by atoms with Gasteiger partial charge in [0.05, 0.1) is 0 Å². The summed E-state index contributed by atoms with van der Waals surface area (Å²) in [6, 6.07) is 6.71. The Morgan fingerprint density at radius 3 is 2.81 bits per heavy atom. The Morgan fingerprint density at radius 2 is 2.12 bits per heavy atom. The molecule has 0 saturated heterocycles. The van der Waals surface area contributed by atoms with Gasteiger partial charge in [0.1, 0.15) is 11.6 Å². The Balaban J connectivity index is 1.95. The molecule has 1 fully saturated rings. The number of anilines is 2. The van der Waals surface area contributed by atoms with E-state index in [2.05, 4.69) is 29.5 Å². The van der Waals surface area contributed by atoms with Gasteiger partial charge in [0.15, 0.2) is 0 Å². The van der Waals surface area contributed by atoms with Crippen LogP contribution in [0.1, 0.15) is 33.1 Å². The zero-order valence-corrected chi connectivity index (χ0v) is 10.2. The predicted octanol–water partition coefficient (Wildman–Crippen LogP) is 3.11. The number of pyridine rings is 1. The smallest absolute Gasteiger partial charge is 0.128 e. The second-order valence-corrected chi connectivity index (χ2v) is 4.70. The minimum Gasteiger partial charge on any atom is -0.370 e. The lowest BCUT2D eigenvalue weighted by Crippen LogP contribution is -2.16. The fourth-order valence-electron chi connectivity index (χ4n) is 2.34. The van der Waals surface area contributed by atoms with E-state index in [9.17, 15) is 0 Å². The molecule has 0 aliphatic heterocycles. The van der Waals surface area contributed by atoms with E-state index in [4.69, 9.17) is 0 Å². The molecular formula is C13H21N3. The average Bonchev–Trinajstić information content (AvgIpc) is 2.65. The summed E-state index contributed by atoms with van der Waals surface area (Å²) in [6.45, 7) is 5.32. The van der Waals surface area contributed by atoms with Crippen molar-refractivity contribution in [1.82, 2.24) is 4.98 Å². The molecular weight excluding hydrogens is 198 g/mol. The van der Waals surface area contributed by atoms with Gasteiger partial charge >= 0.3 is 0 Å². The standard InChI is InChI=1S/C13H21N3/c1-3-14-12-5-4-6-13(16-12)15-11-8-7-10(2)9-11/h4-6,10-11H,3,7-9H2,1-2H3,(H2,14,15,16). The maximum Gasteiger partial charge on any atom is 0.128 e. The summed E-state index contributed by atoms with van der Waals surface area (Å²) in [6.07, 6.45) is 3.88. The van der Waals surface area contributed by atoms with Crippen LogP contribution in [0.3, 0.4) is 0 Å². The van der Waals surface area contributed by atoms with Gasteiger partial charge in [-0.1, -0.05) is 13.0 Å². The van der Waals surface area contributed by atoms with E-state index >= 15 is 0 Å². The van der Waals surface area contributed by atoms with Gasteiger partial charge in [-0.3, -0.25) is 0 Å². The highest BCUT2D eigenvalue weighted by molar-refractivity contribution is 5.45. The molecule has 0 spiro atoms. The number of aromatic nitrogens is 1. The first-order valence-electron chi connectivity index (χ1n) is 6.25. The zero-order chi connectivity index (χ0) is 11.4. The van der Waals surface area contributed by atoms with Crippen LogP contribution in [0.5, 0.6) is 0 Å². The van der Waals surface area contributed by atoms with Gasteiger partial charge < -0.3 is 10.6 Å². The molecule has 88 valence electrons. The van der Waals surface area contributed by atoms with Crippen LogP contribution in [0.15, 0.2) is 18.2 Å². The van der Waals surface area contributed by atoms with Gasteiger partial charge in [-0.05, 0) is 44.2 Å². The van der Waals surface area contributed by atoms with E-state index in [1.54, 1.807) is 0 Å². The SMILES string of the molecule is CCNc1cccc(NC2CCC(C)C2)n1. The Morgan fingerprint density at radius 1 is 1.31 bits per heavy atom. The average molecular weight is 219 g/mol. The van der Waals surface area contributed by atoms with Crippen molar-refractivity contribution < 1.29 is 0 Å². The number of nitrogens with one attached hydrogen (secondary N) is 2. The maximum atomic E-state index is 4.53. The summed E-state index contributed by atoms with van der Waals surface area (Å²) in [7, 11) is 0. The van der Waals surface area contributed by atoms with Crippen LogP contribution in [0.25, 0.3) is 0 Å². The lowest BCUT2D eigenvalue weighted by molar-refractivity contribution is 0.602. The molecule has 1 aromatic heterocycles. The van der Waals surface area contributed by atoms with Crippen LogP contribution in [0, 0.1) is 5.92 Å². The van der Waals surface area contributed by atoms with Crippen molar-refractivity contribution in [3.8, 4) is 0 Å². The summed E-state index contributed by atoms with van der Waals surface area (Å²) in [5.74, 6) is 2.81. The Labute approximate surface area is 97.7 Å². The number of nitrogens with zero attached hydrogens (tertiary/aromatic N) is 1. The predicted molar refractivity (Wildman–Crippen MR) is 68.8 cm³/mol. The molecule has 1 aromatic rings. The number of hydrogen-bond acceptors (Lipinski definition) is 3. The highest BCUT2D eigenvalue weighted by atomic mass is 15.1. The molecule has 2 atom stereocenters.